The van der Waals surface area contributed by atoms with Crippen LogP contribution in [0.4, 0.5) is 0 Å². The Bertz CT molecular complexity index is 503. The fourth-order valence-electron chi connectivity index (χ4n) is 2.59. The first kappa shape index (κ1) is 25.1. The summed E-state index contributed by atoms with van der Waals surface area (Å²) in [6.45, 7) is 2.53. The summed E-state index contributed by atoms with van der Waals surface area (Å²) in [6.07, 6.45) is 13.7. The molecule has 26 heavy (non-hydrogen) atoms. The van der Waals surface area contributed by atoms with Gasteiger partial charge in [0.05, 0.1) is 11.5 Å². The van der Waals surface area contributed by atoms with Crippen molar-refractivity contribution < 1.29 is 12.6 Å². The molecule has 0 aromatic heterocycles. The van der Waals surface area contributed by atoms with Gasteiger partial charge in [0.15, 0.2) is 0 Å². The minimum Gasteiger partial charge on any atom is -0.323 e. The third-order valence-corrected chi connectivity index (χ3v) is 5.34. The third kappa shape index (κ3) is 14.3. The quantitative estimate of drug-likeness (QED) is 0.337. The van der Waals surface area contributed by atoms with E-state index in [0.717, 1.165) is 12.8 Å². The predicted octanol–water partition coefficient (Wildman–Crippen LogP) is 5.54. The van der Waals surface area contributed by atoms with Gasteiger partial charge in [-0.1, -0.05) is 89.3 Å². The molecule has 0 heterocycles. The van der Waals surface area contributed by atoms with Crippen molar-refractivity contribution in [1.29, 1.82) is 0 Å². The molecule has 0 unspecified atom stereocenters. The van der Waals surface area contributed by atoms with Crippen molar-refractivity contribution >= 4 is 10.1 Å². The molecule has 1 aromatic rings. The molecule has 0 aliphatic carbocycles. The normalized spacial score (nSPS) is 11.0. The molecule has 0 saturated heterocycles. The van der Waals surface area contributed by atoms with Crippen molar-refractivity contribution in [2.24, 2.45) is 0 Å². The first-order valence-electron chi connectivity index (χ1n) is 10.1. The zero-order chi connectivity index (χ0) is 19.5. The molecule has 4 nitrogen and oxygen atoms in total. The van der Waals surface area contributed by atoms with Crippen molar-refractivity contribution in [3.8, 4) is 0 Å². The summed E-state index contributed by atoms with van der Waals surface area (Å²) in [5, 5.41) is 2.75. The highest BCUT2D eigenvalue weighted by Gasteiger charge is 2.13. The summed E-state index contributed by atoms with van der Waals surface area (Å²) in [7, 11) is 0.177. The molecule has 0 bridgehead atoms. The molecular formula is C21H39NO3S. The molecule has 5 heteroatoms. The van der Waals surface area contributed by atoms with Crippen LogP contribution in [0.15, 0.2) is 35.2 Å². The van der Waals surface area contributed by atoms with Gasteiger partial charge in [-0.2, -0.15) is 8.42 Å². The van der Waals surface area contributed by atoms with E-state index in [9.17, 15) is 8.42 Å². The molecule has 0 saturated carbocycles. The SMILES string of the molecule is CCCCCCCCCCCCCOS(=O)(=O)c1ccccc1.CNC. The molecule has 0 aliphatic rings. The number of rotatable bonds is 14. The third-order valence-electron chi connectivity index (χ3n) is 4.02. The van der Waals surface area contributed by atoms with E-state index in [4.69, 9.17) is 4.18 Å². The Hall–Kier alpha value is -0.910. The summed E-state index contributed by atoms with van der Waals surface area (Å²) in [5.41, 5.74) is 0. The van der Waals surface area contributed by atoms with E-state index in [1.54, 1.807) is 30.3 Å². The van der Waals surface area contributed by atoms with Crippen LogP contribution in [0.3, 0.4) is 0 Å². The van der Waals surface area contributed by atoms with E-state index >= 15 is 0 Å². The standard InChI is InChI=1S/C19H32O3S.C2H7N/c1-2-3-4-5-6-7-8-9-10-11-15-18-22-23(20,21)19-16-13-12-14-17-19;1-3-2/h12-14,16-17H,2-11,15,18H2,1H3;3H,1-2H3. The van der Waals surface area contributed by atoms with E-state index in [1.165, 1.54) is 57.8 Å². The second kappa shape index (κ2) is 17.5. The van der Waals surface area contributed by atoms with Crippen molar-refractivity contribution in [2.75, 3.05) is 20.7 Å². The first-order valence-corrected chi connectivity index (χ1v) is 11.5. The molecule has 0 aliphatic heterocycles. The Kier molecular flexibility index (Phi) is 16.9. The zero-order valence-corrected chi connectivity index (χ0v) is 17.8. The summed E-state index contributed by atoms with van der Waals surface area (Å²) in [6, 6.07) is 8.34. The maximum atomic E-state index is 11.9. The van der Waals surface area contributed by atoms with Crippen LogP contribution in [0.1, 0.15) is 77.6 Å². The first-order chi connectivity index (χ1) is 12.6. The Morgan fingerprint density at radius 1 is 0.769 bits per heavy atom. The van der Waals surface area contributed by atoms with Crippen LogP contribution in [0.5, 0.6) is 0 Å². The summed E-state index contributed by atoms with van der Waals surface area (Å²) >= 11 is 0. The van der Waals surface area contributed by atoms with Gasteiger partial charge in [-0.25, -0.2) is 0 Å². The van der Waals surface area contributed by atoms with Crippen LogP contribution in [-0.2, 0) is 14.3 Å². The highest BCUT2D eigenvalue weighted by Crippen LogP contribution is 2.14. The maximum Gasteiger partial charge on any atom is 0.296 e. The highest BCUT2D eigenvalue weighted by molar-refractivity contribution is 7.86. The van der Waals surface area contributed by atoms with Crippen LogP contribution >= 0.6 is 0 Å². The minimum atomic E-state index is -3.57. The second-order valence-electron chi connectivity index (χ2n) is 6.62. The van der Waals surface area contributed by atoms with Crippen LogP contribution < -0.4 is 5.32 Å². The summed E-state index contributed by atoms with van der Waals surface area (Å²) in [4.78, 5) is 0.239. The van der Waals surface area contributed by atoms with Crippen molar-refractivity contribution in [2.45, 2.75) is 82.4 Å². The smallest absolute Gasteiger partial charge is 0.296 e. The molecular weight excluding hydrogens is 346 g/mol. The topological polar surface area (TPSA) is 55.4 Å². The molecule has 1 aromatic carbocycles. The monoisotopic (exact) mass is 385 g/mol. The van der Waals surface area contributed by atoms with E-state index in [-0.39, 0.29) is 11.5 Å². The van der Waals surface area contributed by atoms with Gasteiger partial charge in [0.25, 0.3) is 10.1 Å². The van der Waals surface area contributed by atoms with E-state index in [1.807, 2.05) is 14.1 Å². The zero-order valence-electron chi connectivity index (χ0n) is 17.0. The molecule has 0 amide bonds. The summed E-state index contributed by atoms with van der Waals surface area (Å²) < 4.78 is 28.9. The molecule has 0 spiro atoms. The lowest BCUT2D eigenvalue weighted by Gasteiger charge is -2.05. The Labute approximate surface area is 161 Å². The summed E-state index contributed by atoms with van der Waals surface area (Å²) in [5.74, 6) is 0. The Balaban J connectivity index is 0.00000194. The fraction of sp³-hybridized carbons (Fsp3) is 0.714. The molecule has 152 valence electrons. The van der Waals surface area contributed by atoms with Gasteiger partial charge >= 0.3 is 0 Å². The molecule has 0 fully saturated rings. The molecule has 1 rings (SSSR count). The largest absolute Gasteiger partial charge is 0.323 e. The highest BCUT2D eigenvalue weighted by atomic mass is 32.2. The number of unbranched alkanes of at least 4 members (excludes halogenated alkanes) is 10. The maximum absolute atomic E-state index is 11.9. The van der Waals surface area contributed by atoms with E-state index in [2.05, 4.69) is 12.2 Å². The molecule has 0 radical (unpaired) electrons. The van der Waals surface area contributed by atoms with Gasteiger partial charge in [-0.05, 0) is 32.6 Å². The van der Waals surface area contributed by atoms with Crippen molar-refractivity contribution in [3.05, 3.63) is 30.3 Å². The van der Waals surface area contributed by atoms with Gasteiger partial charge in [0.1, 0.15) is 0 Å². The number of hydrogen-bond acceptors (Lipinski definition) is 4. The second-order valence-corrected chi connectivity index (χ2v) is 8.24. The van der Waals surface area contributed by atoms with Crippen LogP contribution in [0, 0.1) is 0 Å². The molecule has 1 N–H and O–H groups in total. The van der Waals surface area contributed by atoms with Crippen LogP contribution in [-0.4, -0.2) is 29.1 Å². The lowest BCUT2D eigenvalue weighted by atomic mass is 10.1. The average Bonchev–Trinajstić information content (AvgIpc) is 2.64. The van der Waals surface area contributed by atoms with Crippen molar-refractivity contribution in [3.63, 3.8) is 0 Å². The van der Waals surface area contributed by atoms with Gasteiger partial charge in [-0.15, -0.1) is 0 Å². The molecule has 0 atom stereocenters. The number of benzene rings is 1. The predicted molar refractivity (Wildman–Crippen MR) is 111 cm³/mol. The lowest BCUT2D eigenvalue weighted by molar-refractivity contribution is 0.306. The Morgan fingerprint density at radius 2 is 1.19 bits per heavy atom. The van der Waals surface area contributed by atoms with Gasteiger partial charge < -0.3 is 5.32 Å². The number of hydrogen-bond donors (Lipinski definition) is 1. The van der Waals surface area contributed by atoms with E-state index < -0.39 is 10.1 Å². The average molecular weight is 386 g/mol. The van der Waals surface area contributed by atoms with Gasteiger partial charge in [0.2, 0.25) is 0 Å². The van der Waals surface area contributed by atoms with Gasteiger partial charge in [-0.3, -0.25) is 4.18 Å². The Morgan fingerprint density at radius 3 is 1.65 bits per heavy atom. The minimum absolute atomic E-state index is 0.239. The van der Waals surface area contributed by atoms with Gasteiger partial charge in [0, 0.05) is 0 Å². The fourth-order valence-corrected chi connectivity index (χ4v) is 3.55. The van der Waals surface area contributed by atoms with Crippen LogP contribution in [0.2, 0.25) is 0 Å². The van der Waals surface area contributed by atoms with Crippen molar-refractivity contribution in [1.82, 2.24) is 5.32 Å². The lowest BCUT2D eigenvalue weighted by Crippen LogP contribution is -2.07. The van der Waals surface area contributed by atoms with E-state index in [0.29, 0.717) is 0 Å². The van der Waals surface area contributed by atoms with Crippen LogP contribution in [0.25, 0.3) is 0 Å². The number of nitrogens with one attached hydrogen (secondary N) is 1.